The molecule has 0 bridgehead atoms. The van der Waals surface area contributed by atoms with Gasteiger partial charge >= 0.3 is 0 Å². The predicted molar refractivity (Wildman–Crippen MR) is 76.8 cm³/mol. The highest BCUT2D eigenvalue weighted by Gasteiger charge is 2.21. The van der Waals surface area contributed by atoms with E-state index in [-0.39, 0.29) is 5.78 Å². The molecule has 7 nitrogen and oxygen atoms in total. The van der Waals surface area contributed by atoms with E-state index in [2.05, 4.69) is 20.1 Å². The van der Waals surface area contributed by atoms with E-state index in [1.165, 1.54) is 6.33 Å². The topological polar surface area (TPSA) is 76.0 Å². The van der Waals surface area contributed by atoms with Crippen LogP contribution in [0.4, 0.5) is 0 Å². The molecule has 2 aromatic rings. The molecule has 0 unspecified atom stereocenters. The van der Waals surface area contributed by atoms with E-state index in [1.807, 2.05) is 24.5 Å². The summed E-state index contributed by atoms with van der Waals surface area (Å²) in [5.41, 5.74) is 2.60. The van der Waals surface area contributed by atoms with Gasteiger partial charge in [0.25, 0.3) is 0 Å². The number of morpholine rings is 1. The lowest BCUT2D eigenvalue weighted by Gasteiger charge is -2.25. The van der Waals surface area contributed by atoms with Crippen molar-refractivity contribution in [2.45, 2.75) is 13.8 Å². The first-order valence-corrected chi connectivity index (χ1v) is 7.05. The van der Waals surface area contributed by atoms with Crippen LogP contribution in [0.5, 0.6) is 0 Å². The van der Waals surface area contributed by atoms with Gasteiger partial charge in [0.05, 0.1) is 19.8 Å². The van der Waals surface area contributed by atoms with E-state index in [0.717, 1.165) is 30.0 Å². The molecule has 3 heterocycles. The number of nitrogens with one attached hydrogen (secondary N) is 1. The molecule has 0 amide bonds. The molecule has 0 aliphatic carbocycles. The number of Topliss-reactive ketones (excluding diaryl/α,β-unsaturated/α-hetero) is 1. The molecule has 0 saturated carbocycles. The number of H-pyrrole nitrogens is 1. The van der Waals surface area contributed by atoms with Gasteiger partial charge in [0.15, 0.2) is 5.78 Å². The van der Waals surface area contributed by atoms with E-state index < -0.39 is 0 Å². The summed E-state index contributed by atoms with van der Waals surface area (Å²) in [7, 11) is 0. The lowest BCUT2D eigenvalue weighted by atomic mass is 10.1. The Kier molecular flexibility index (Phi) is 3.85. The molecule has 1 aliphatic rings. The Bertz CT molecular complexity index is 626. The lowest BCUT2D eigenvalue weighted by molar-refractivity contribution is 0.0371. The molecule has 0 radical (unpaired) electrons. The Morgan fingerprint density at radius 3 is 2.81 bits per heavy atom. The van der Waals surface area contributed by atoms with Crippen LogP contribution in [0.1, 0.15) is 21.7 Å². The summed E-state index contributed by atoms with van der Waals surface area (Å²) in [4.78, 5) is 18.8. The highest BCUT2D eigenvalue weighted by Crippen LogP contribution is 2.19. The lowest BCUT2D eigenvalue weighted by Crippen LogP contribution is -2.39. The minimum Gasteiger partial charge on any atom is -0.379 e. The predicted octanol–water partition coefficient (Wildman–Crippen LogP) is 0.727. The third-order valence-corrected chi connectivity index (χ3v) is 3.82. The second-order valence-electron chi connectivity index (χ2n) is 5.24. The van der Waals surface area contributed by atoms with Gasteiger partial charge in [-0.2, -0.15) is 10.1 Å². The average molecular weight is 289 g/mol. The summed E-state index contributed by atoms with van der Waals surface area (Å²) in [5, 5.41) is 6.70. The van der Waals surface area contributed by atoms with Crippen molar-refractivity contribution >= 4 is 5.78 Å². The SMILES string of the molecule is Cc1cc(C(=O)CN2CCOCC2)c(C)n1-c1ncn[nH]1. The molecule has 0 atom stereocenters. The number of aromatic amines is 1. The molecule has 1 saturated heterocycles. The van der Waals surface area contributed by atoms with Crippen molar-refractivity contribution in [3.05, 3.63) is 29.3 Å². The number of ether oxygens (including phenoxy) is 1. The van der Waals surface area contributed by atoms with Crippen LogP contribution in [-0.4, -0.2) is 63.3 Å². The second-order valence-corrected chi connectivity index (χ2v) is 5.24. The van der Waals surface area contributed by atoms with Crippen molar-refractivity contribution < 1.29 is 9.53 Å². The number of hydrogen-bond acceptors (Lipinski definition) is 5. The summed E-state index contributed by atoms with van der Waals surface area (Å²) in [6.45, 7) is 7.35. The van der Waals surface area contributed by atoms with Crippen LogP contribution in [0.15, 0.2) is 12.4 Å². The third-order valence-electron chi connectivity index (χ3n) is 3.82. The van der Waals surface area contributed by atoms with Crippen LogP contribution in [0.3, 0.4) is 0 Å². The molecule has 1 fully saturated rings. The number of carbonyl (C=O) groups is 1. The summed E-state index contributed by atoms with van der Waals surface area (Å²) in [6.07, 6.45) is 1.46. The molecular formula is C14H19N5O2. The van der Waals surface area contributed by atoms with Gasteiger partial charge in [0.1, 0.15) is 6.33 Å². The molecule has 1 aliphatic heterocycles. The molecule has 0 spiro atoms. The van der Waals surface area contributed by atoms with Gasteiger partial charge in [-0.25, -0.2) is 5.10 Å². The Hall–Kier alpha value is -1.99. The maximum atomic E-state index is 12.5. The quantitative estimate of drug-likeness (QED) is 0.840. The van der Waals surface area contributed by atoms with E-state index in [1.54, 1.807) is 0 Å². The van der Waals surface area contributed by atoms with Crippen molar-refractivity contribution in [3.63, 3.8) is 0 Å². The summed E-state index contributed by atoms with van der Waals surface area (Å²) in [5.74, 6) is 0.770. The highest BCUT2D eigenvalue weighted by molar-refractivity contribution is 5.99. The first kappa shape index (κ1) is 14.0. The highest BCUT2D eigenvalue weighted by atomic mass is 16.5. The van der Waals surface area contributed by atoms with Crippen LogP contribution < -0.4 is 0 Å². The first-order valence-electron chi connectivity index (χ1n) is 7.05. The fourth-order valence-corrected chi connectivity index (χ4v) is 2.73. The molecular weight excluding hydrogens is 270 g/mol. The molecule has 0 aromatic carbocycles. The Labute approximate surface area is 122 Å². The van der Waals surface area contributed by atoms with Gasteiger partial charge in [0, 0.05) is 30.0 Å². The largest absolute Gasteiger partial charge is 0.379 e. The second kappa shape index (κ2) is 5.79. The zero-order chi connectivity index (χ0) is 14.8. The van der Waals surface area contributed by atoms with Crippen LogP contribution in [0, 0.1) is 13.8 Å². The Morgan fingerprint density at radius 1 is 1.38 bits per heavy atom. The maximum Gasteiger partial charge on any atom is 0.229 e. The van der Waals surface area contributed by atoms with E-state index in [4.69, 9.17) is 4.74 Å². The van der Waals surface area contributed by atoms with E-state index in [9.17, 15) is 4.79 Å². The van der Waals surface area contributed by atoms with Gasteiger partial charge in [0.2, 0.25) is 5.95 Å². The number of rotatable bonds is 4. The van der Waals surface area contributed by atoms with Gasteiger partial charge in [-0.3, -0.25) is 14.3 Å². The van der Waals surface area contributed by atoms with E-state index in [0.29, 0.717) is 25.7 Å². The smallest absolute Gasteiger partial charge is 0.229 e. The van der Waals surface area contributed by atoms with Crippen molar-refractivity contribution in [1.29, 1.82) is 0 Å². The average Bonchev–Trinajstić information content (AvgIpc) is 3.08. The minimum absolute atomic E-state index is 0.135. The monoisotopic (exact) mass is 289 g/mol. The Morgan fingerprint density at radius 2 is 2.14 bits per heavy atom. The fourth-order valence-electron chi connectivity index (χ4n) is 2.73. The molecule has 112 valence electrons. The van der Waals surface area contributed by atoms with Crippen molar-refractivity contribution in [2.75, 3.05) is 32.8 Å². The summed E-state index contributed by atoms with van der Waals surface area (Å²) >= 11 is 0. The zero-order valence-electron chi connectivity index (χ0n) is 12.3. The van der Waals surface area contributed by atoms with Gasteiger partial charge in [-0.05, 0) is 19.9 Å². The molecule has 21 heavy (non-hydrogen) atoms. The number of aryl methyl sites for hydroxylation is 1. The van der Waals surface area contributed by atoms with Gasteiger partial charge in [-0.15, -0.1) is 0 Å². The van der Waals surface area contributed by atoms with Crippen molar-refractivity contribution in [3.8, 4) is 5.95 Å². The fraction of sp³-hybridized carbons (Fsp3) is 0.500. The number of hydrogen-bond donors (Lipinski definition) is 1. The molecule has 3 rings (SSSR count). The number of carbonyl (C=O) groups excluding carboxylic acids is 1. The molecule has 2 aromatic heterocycles. The standard InChI is InChI=1S/C14H19N5O2/c1-10-7-12(11(2)19(10)14-15-9-16-17-14)13(20)8-18-3-5-21-6-4-18/h7,9H,3-6,8H2,1-2H3,(H,15,16,17). The van der Waals surface area contributed by atoms with Crippen LogP contribution in [-0.2, 0) is 4.74 Å². The van der Waals surface area contributed by atoms with Gasteiger partial charge in [-0.1, -0.05) is 0 Å². The van der Waals surface area contributed by atoms with Crippen molar-refractivity contribution in [2.24, 2.45) is 0 Å². The summed E-state index contributed by atoms with van der Waals surface area (Å²) < 4.78 is 7.22. The minimum atomic E-state index is 0.135. The summed E-state index contributed by atoms with van der Waals surface area (Å²) in [6, 6.07) is 1.92. The van der Waals surface area contributed by atoms with Crippen LogP contribution >= 0.6 is 0 Å². The third kappa shape index (κ3) is 2.74. The number of aromatic nitrogens is 4. The Balaban J connectivity index is 1.82. The zero-order valence-corrected chi connectivity index (χ0v) is 12.3. The van der Waals surface area contributed by atoms with Crippen LogP contribution in [0.2, 0.25) is 0 Å². The normalized spacial score (nSPS) is 16.3. The van der Waals surface area contributed by atoms with E-state index >= 15 is 0 Å². The molecule has 7 heteroatoms. The number of nitrogens with zero attached hydrogens (tertiary/aromatic N) is 4. The van der Waals surface area contributed by atoms with Crippen molar-refractivity contribution in [1.82, 2.24) is 24.6 Å². The first-order chi connectivity index (χ1) is 10.2. The van der Waals surface area contributed by atoms with Gasteiger partial charge < -0.3 is 4.74 Å². The maximum absolute atomic E-state index is 12.5. The molecule has 1 N–H and O–H groups in total. The van der Waals surface area contributed by atoms with Crippen LogP contribution in [0.25, 0.3) is 5.95 Å². The number of ketones is 1.